The standard InChI is InChI=1S/C14H13N5O4S3/c1-5-2-7(20)19-13(16-5)26-14(17-19)25-4-6-3-24-11-8(15)10(21)18(11)9(6)12(22)23/h2,8,11H,3-4,15H2,1H3,(H,22,23)/t8-,11-/m1/s1. The largest absolute Gasteiger partial charge is 0.477 e. The van der Waals surface area contributed by atoms with Crippen molar-refractivity contribution in [2.24, 2.45) is 5.73 Å². The molecule has 1 fully saturated rings. The minimum absolute atomic E-state index is 0.0141. The highest BCUT2D eigenvalue weighted by molar-refractivity contribution is 8.02. The first-order valence-electron chi connectivity index (χ1n) is 7.52. The molecule has 0 spiro atoms. The molecular formula is C14H13N5O4S3. The van der Waals surface area contributed by atoms with Crippen LogP contribution in [-0.2, 0) is 9.59 Å². The number of hydrogen-bond acceptors (Lipinski definition) is 9. The Morgan fingerprint density at radius 1 is 1.50 bits per heavy atom. The Labute approximate surface area is 159 Å². The highest BCUT2D eigenvalue weighted by Crippen LogP contribution is 2.41. The van der Waals surface area contributed by atoms with Crippen LogP contribution in [0.15, 0.2) is 26.5 Å². The van der Waals surface area contributed by atoms with Crippen LogP contribution in [0.2, 0.25) is 0 Å². The van der Waals surface area contributed by atoms with Crippen molar-refractivity contribution in [3.63, 3.8) is 0 Å². The number of thioether (sulfide) groups is 2. The number of aryl methyl sites for hydroxylation is 1. The van der Waals surface area contributed by atoms with E-state index < -0.39 is 12.0 Å². The average molecular weight is 411 g/mol. The molecule has 2 aromatic heterocycles. The number of hydrogen-bond donors (Lipinski definition) is 2. The Kier molecular flexibility index (Phi) is 4.29. The number of carboxylic acids is 1. The summed E-state index contributed by atoms with van der Waals surface area (Å²) in [4.78, 5) is 41.6. The summed E-state index contributed by atoms with van der Waals surface area (Å²) in [5.41, 5.74) is 6.76. The maximum Gasteiger partial charge on any atom is 0.352 e. The van der Waals surface area contributed by atoms with E-state index in [1.54, 1.807) is 6.92 Å². The van der Waals surface area contributed by atoms with Crippen LogP contribution < -0.4 is 11.3 Å². The van der Waals surface area contributed by atoms with Gasteiger partial charge in [0, 0.05) is 23.3 Å². The normalized spacial score (nSPS) is 22.5. The van der Waals surface area contributed by atoms with Crippen molar-refractivity contribution in [1.29, 1.82) is 0 Å². The lowest BCUT2D eigenvalue weighted by Crippen LogP contribution is -2.68. The molecule has 2 aromatic rings. The van der Waals surface area contributed by atoms with Crippen molar-refractivity contribution in [2.75, 3.05) is 11.5 Å². The van der Waals surface area contributed by atoms with Gasteiger partial charge in [0.1, 0.15) is 17.1 Å². The Morgan fingerprint density at radius 3 is 3.00 bits per heavy atom. The summed E-state index contributed by atoms with van der Waals surface area (Å²) < 4.78 is 1.84. The van der Waals surface area contributed by atoms with E-state index in [4.69, 9.17) is 5.73 Å². The summed E-state index contributed by atoms with van der Waals surface area (Å²) in [7, 11) is 0. The first-order chi connectivity index (χ1) is 12.4. The molecule has 26 heavy (non-hydrogen) atoms. The number of carbonyl (C=O) groups is 2. The third kappa shape index (κ3) is 2.73. The van der Waals surface area contributed by atoms with Gasteiger partial charge in [-0.15, -0.1) is 16.9 Å². The summed E-state index contributed by atoms with van der Waals surface area (Å²) in [6.07, 6.45) is 0. The molecule has 2 atom stereocenters. The maximum absolute atomic E-state index is 11.9. The van der Waals surface area contributed by atoms with Crippen molar-refractivity contribution in [2.45, 2.75) is 22.7 Å². The molecule has 2 aliphatic heterocycles. The number of β-lactam (4-membered cyclic amide) rings is 1. The lowest BCUT2D eigenvalue weighted by atomic mass is 10.0. The predicted molar refractivity (Wildman–Crippen MR) is 98.3 cm³/mol. The van der Waals surface area contributed by atoms with E-state index in [0.29, 0.717) is 32.1 Å². The fourth-order valence-corrected chi connectivity index (χ4v) is 6.22. The van der Waals surface area contributed by atoms with Crippen molar-refractivity contribution in [1.82, 2.24) is 19.5 Å². The number of aromatic nitrogens is 3. The predicted octanol–water partition coefficient (Wildman–Crippen LogP) is 0.133. The summed E-state index contributed by atoms with van der Waals surface area (Å²) >= 11 is 4.05. The van der Waals surface area contributed by atoms with Crippen LogP contribution in [0.3, 0.4) is 0 Å². The number of carboxylic acid groups (broad SMARTS) is 1. The van der Waals surface area contributed by atoms with Crippen LogP contribution in [0.4, 0.5) is 0 Å². The topological polar surface area (TPSA) is 131 Å². The van der Waals surface area contributed by atoms with Gasteiger partial charge < -0.3 is 10.8 Å². The van der Waals surface area contributed by atoms with Crippen LogP contribution in [0.5, 0.6) is 0 Å². The van der Waals surface area contributed by atoms with E-state index >= 15 is 0 Å². The van der Waals surface area contributed by atoms with Gasteiger partial charge in [-0.25, -0.2) is 9.78 Å². The first kappa shape index (κ1) is 17.5. The molecular weight excluding hydrogens is 398 g/mol. The number of rotatable bonds is 4. The van der Waals surface area contributed by atoms with Gasteiger partial charge in [0.25, 0.3) is 5.56 Å². The zero-order chi connectivity index (χ0) is 18.6. The van der Waals surface area contributed by atoms with Gasteiger partial charge in [-0.05, 0) is 12.5 Å². The third-order valence-corrected chi connectivity index (χ3v) is 7.50. The van der Waals surface area contributed by atoms with Crippen LogP contribution in [0, 0.1) is 6.92 Å². The van der Waals surface area contributed by atoms with Gasteiger partial charge in [0.15, 0.2) is 4.34 Å². The molecule has 2 aliphatic rings. The van der Waals surface area contributed by atoms with Gasteiger partial charge in [-0.3, -0.25) is 14.5 Å². The second kappa shape index (κ2) is 6.37. The average Bonchev–Trinajstić information content (AvgIpc) is 3.01. The minimum atomic E-state index is -1.14. The van der Waals surface area contributed by atoms with Gasteiger partial charge in [-0.2, -0.15) is 4.52 Å². The first-order valence-corrected chi connectivity index (χ1v) is 10.4. The van der Waals surface area contributed by atoms with Gasteiger partial charge in [0.2, 0.25) is 10.9 Å². The van der Waals surface area contributed by atoms with Gasteiger partial charge >= 0.3 is 5.97 Å². The fourth-order valence-electron chi connectivity index (χ4n) is 2.80. The molecule has 1 amide bonds. The fraction of sp³-hybridized carbons (Fsp3) is 0.357. The highest BCUT2D eigenvalue weighted by atomic mass is 32.2. The molecule has 9 nitrogen and oxygen atoms in total. The van der Waals surface area contributed by atoms with E-state index in [-0.39, 0.29) is 22.5 Å². The monoisotopic (exact) mass is 411 g/mol. The molecule has 136 valence electrons. The van der Waals surface area contributed by atoms with Crippen LogP contribution in [-0.4, -0.2) is 59.4 Å². The van der Waals surface area contributed by atoms with E-state index in [1.165, 1.54) is 50.3 Å². The van der Waals surface area contributed by atoms with Crippen LogP contribution >= 0.6 is 34.9 Å². The number of carbonyl (C=O) groups excluding carboxylic acids is 1. The summed E-state index contributed by atoms with van der Waals surface area (Å²) in [5, 5.41) is 13.5. The molecule has 0 radical (unpaired) electrons. The summed E-state index contributed by atoms with van der Waals surface area (Å²) in [5.74, 6) is -0.662. The Balaban J connectivity index is 1.60. The van der Waals surface area contributed by atoms with E-state index in [9.17, 15) is 19.5 Å². The smallest absolute Gasteiger partial charge is 0.352 e. The molecule has 0 unspecified atom stereocenters. The molecule has 4 rings (SSSR count). The summed E-state index contributed by atoms with van der Waals surface area (Å²) in [6, 6.07) is 0.761. The molecule has 3 N–H and O–H groups in total. The molecule has 0 aromatic carbocycles. The van der Waals surface area contributed by atoms with Gasteiger partial charge in [0.05, 0.1) is 0 Å². The zero-order valence-electron chi connectivity index (χ0n) is 13.4. The SMILES string of the molecule is Cc1cc(=O)n2nc(SCC3=C(C(=O)O)N4C(=O)[C@@H](N)[C@H]4SC3)sc2n1. The minimum Gasteiger partial charge on any atom is -0.477 e. The lowest BCUT2D eigenvalue weighted by Gasteiger charge is -2.48. The molecule has 0 aliphatic carbocycles. The number of amides is 1. The molecule has 0 saturated carbocycles. The van der Waals surface area contributed by atoms with Crippen molar-refractivity contribution >= 4 is 51.7 Å². The Bertz CT molecular complexity index is 1030. The second-order valence-corrected chi connectivity index (χ2v) is 9.06. The number of fused-ring (bicyclic) bond motifs is 2. The number of aliphatic carboxylic acids is 1. The third-order valence-electron chi connectivity index (χ3n) is 4.02. The second-order valence-electron chi connectivity index (χ2n) is 5.78. The lowest BCUT2D eigenvalue weighted by molar-refractivity contribution is -0.147. The van der Waals surface area contributed by atoms with E-state index in [1.807, 2.05) is 0 Å². The van der Waals surface area contributed by atoms with Crippen LogP contribution in [0.25, 0.3) is 4.96 Å². The maximum atomic E-state index is 11.9. The molecule has 0 bridgehead atoms. The van der Waals surface area contributed by atoms with Crippen molar-refractivity contribution in [3.8, 4) is 0 Å². The zero-order valence-corrected chi connectivity index (χ0v) is 15.9. The number of nitrogens with two attached hydrogens (primary N) is 1. The molecule has 12 heteroatoms. The Hall–Kier alpha value is -1.89. The van der Waals surface area contributed by atoms with Crippen molar-refractivity contribution < 1.29 is 14.7 Å². The van der Waals surface area contributed by atoms with Crippen LogP contribution in [0.1, 0.15) is 5.69 Å². The summed E-state index contributed by atoms with van der Waals surface area (Å²) in [6.45, 7) is 1.74. The van der Waals surface area contributed by atoms with Gasteiger partial charge in [-0.1, -0.05) is 23.1 Å². The van der Waals surface area contributed by atoms with E-state index in [0.717, 1.165) is 0 Å². The quantitative estimate of drug-likeness (QED) is 0.532. The van der Waals surface area contributed by atoms with Crippen molar-refractivity contribution in [3.05, 3.63) is 33.4 Å². The molecule has 4 heterocycles. The highest BCUT2D eigenvalue weighted by Gasteiger charge is 2.51. The Morgan fingerprint density at radius 2 is 2.27 bits per heavy atom. The number of nitrogens with zero attached hydrogens (tertiary/aromatic N) is 4. The molecule has 1 saturated heterocycles. The van der Waals surface area contributed by atoms with E-state index in [2.05, 4.69) is 10.1 Å².